The minimum absolute atomic E-state index is 0.0639. The van der Waals surface area contributed by atoms with Crippen molar-refractivity contribution in [3.63, 3.8) is 0 Å². The first-order chi connectivity index (χ1) is 11.9. The molecule has 2 aromatic carbocycles. The van der Waals surface area contributed by atoms with Crippen LogP contribution in [0.15, 0.2) is 50.5 Å². The van der Waals surface area contributed by atoms with Gasteiger partial charge in [-0.1, -0.05) is 33.8 Å². The minimum Gasteiger partial charge on any atom is -0.411 e. The summed E-state index contributed by atoms with van der Waals surface area (Å²) in [6.07, 6.45) is 0. The standard InChI is InChI=1S/C19H17BrN2O2S/c1-11-8-13(3)16(9-12(11)2)17(23)10-25-19-22-21-18(24-19)14-4-6-15(20)7-5-14/h4-9H,10H2,1-3H3. The van der Waals surface area contributed by atoms with Gasteiger partial charge in [0.2, 0.25) is 5.89 Å². The van der Waals surface area contributed by atoms with Gasteiger partial charge in [0.1, 0.15) is 0 Å². The number of Topliss-reactive ketones (excluding diaryl/α,β-unsaturated/α-hetero) is 1. The van der Waals surface area contributed by atoms with Crippen LogP contribution in [0.1, 0.15) is 27.0 Å². The second-order valence-electron chi connectivity index (χ2n) is 5.84. The van der Waals surface area contributed by atoms with Gasteiger partial charge in [-0.3, -0.25) is 4.79 Å². The Morgan fingerprint density at radius 2 is 1.72 bits per heavy atom. The third-order valence-corrected chi connectivity index (χ3v) is 5.31. The Bertz CT molecular complexity index is 920. The van der Waals surface area contributed by atoms with Crippen molar-refractivity contribution in [3.05, 3.63) is 63.1 Å². The van der Waals surface area contributed by atoms with Gasteiger partial charge in [0.25, 0.3) is 5.22 Å². The predicted octanol–water partition coefficient (Wildman–Crippen LogP) is 5.40. The lowest BCUT2D eigenvalue weighted by Crippen LogP contribution is -2.06. The van der Waals surface area contributed by atoms with Gasteiger partial charge in [-0.25, -0.2) is 0 Å². The average molecular weight is 417 g/mol. The summed E-state index contributed by atoms with van der Waals surface area (Å²) < 4.78 is 6.63. The number of aryl methyl sites for hydroxylation is 3. The van der Waals surface area contributed by atoms with Gasteiger partial charge >= 0.3 is 0 Å². The van der Waals surface area contributed by atoms with Crippen molar-refractivity contribution in [2.45, 2.75) is 26.0 Å². The van der Waals surface area contributed by atoms with E-state index in [-0.39, 0.29) is 11.5 Å². The Morgan fingerprint density at radius 3 is 2.44 bits per heavy atom. The number of hydrogen-bond acceptors (Lipinski definition) is 5. The molecule has 0 fully saturated rings. The molecule has 6 heteroatoms. The lowest BCUT2D eigenvalue weighted by molar-refractivity contribution is 0.102. The molecule has 0 spiro atoms. The number of hydrogen-bond donors (Lipinski definition) is 0. The van der Waals surface area contributed by atoms with E-state index in [4.69, 9.17) is 4.42 Å². The van der Waals surface area contributed by atoms with Gasteiger partial charge < -0.3 is 4.42 Å². The molecule has 0 atom stereocenters. The molecule has 3 aromatic rings. The average Bonchev–Trinajstić information content (AvgIpc) is 3.05. The van der Waals surface area contributed by atoms with Gasteiger partial charge in [-0.2, -0.15) is 0 Å². The molecule has 1 aromatic heterocycles. The Kier molecular flexibility index (Phi) is 5.39. The lowest BCUT2D eigenvalue weighted by atomic mass is 9.99. The van der Waals surface area contributed by atoms with Crippen molar-refractivity contribution in [1.82, 2.24) is 10.2 Å². The van der Waals surface area contributed by atoms with Gasteiger partial charge in [-0.15, -0.1) is 10.2 Å². The van der Waals surface area contributed by atoms with Crippen LogP contribution in [-0.4, -0.2) is 21.7 Å². The summed E-state index contributed by atoms with van der Waals surface area (Å²) in [5, 5.41) is 8.46. The van der Waals surface area contributed by atoms with Crippen LogP contribution in [0.4, 0.5) is 0 Å². The molecule has 3 rings (SSSR count). The van der Waals surface area contributed by atoms with Crippen molar-refractivity contribution >= 4 is 33.5 Å². The molecule has 0 unspecified atom stereocenters. The first kappa shape index (κ1) is 17.9. The minimum atomic E-state index is 0.0639. The number of aromatic nitrogens is 2. The Labute approximate surface area is 159 Å². The molecule has 0 N–H and O–H groups in total. The third-order valence-electron chi connectivity index (χ3n) is 3.97. The van der Waals surface area contributed by atoms with Crippen LogP contribution in [-0.2, 0) is 0 Å². The van der Waals surface area contributed by atoms with Gasteiger partial charge in [0.05, 0.1) is 5.75 Å². The first-order valence-electron chi connectivity index (χ1n) is 7.77. The molecule has 0 aliphatic carbocycles. The topological polar surface area (TPSA) is 56.0 Å². The molecule has 25 heavy (non-hydrogen) atoms. The van der Waals surface area contributed by atoms with Crippen LogP contribution >= 0.6 is 27.7 Å². The number of benzene rings is 2. The fourth-order valence-corrected chi connectivity index (χ4v) is 3.35. The molecule has 0 aliphatic heterocycles. The largest absolute Gasteiger partial charge is 0.411 e. The number of carbonyl (C=O) groups is 1. The Hall–Kier alpha value is -1.92. The van der Waals surface area contributed by atoms with Crippen molar-refractivity contribution < 1.29 is 9.21 Å². The zero-order valence-corrected chi connectivity index (χ0v) is 16.6. The highest BCUT2D eigenvalue weighted by molar-refractivity contribution is 9.10. The highest BCUT2D eigenvalue weighted by Gasteiger charge is 2.14. The summed E-state index contributed by atoms with van der Waals surface area (Å²) in [7, 11) is 0. The highest BCUT2D eigenvalue weighted by Crippen LogP contribution is 2.25. The van der Waals surface area contributed by atoms with E-state index in [0.29, 0.717) is 11.1 Å². The van der Waals surface area contributed by atoms with Crippen LogP contribution in [0.3, 0.4) is 0 Å². The zero-order valence-electron chi connectivity index (χ0n) is 14.2. The third kappa shape index (κ3) is 4.19. The molecule has 0 radical (unpaired) electrons. The Balaban J connectivity index is 1.69. The quantitative estimate of drug-likeness (QED) is 0.411. The number of nitrogens with zero attached hydrogens (tertiary/aromatic N) is 2. The van der Waals surface area contributed by atoms with Crippen molar-refractivity contribution in [1.29, 1.82) is 0 Å². The van der Waals surface area contributed by atoms with Gasteiger partial charge in [-0.05, 0) is 67.8 Å². The maximum Gasteiger partial charge on any atom is 0.277 e. The first-order valence-corrected chi connectivity index (χ1v) is 9.55. The molecule has 0 saturated carbocycles. The van der Waals surface area contributed by atoms with E-state index in [1.807, 2.05) is 57.2 Å². The second kappa shape index (κ2) is 7.54. The van der Waals surface area contributed by atoms with Crippen molar-refractivity contribution in [2.75, 3.05) is 5.75 Å². The fourth-order valence-electron chi connectivity index (χ4n) is 2.44. The van der Waals surface area contributed by atoms with E-state index in [1.54, 1.807) is 0 Å². The molecular formula is C19H17BrN2O2S. The van der Waals surface area contributed by atoms with Gasteiger partial charge in [0.15, 0.2) is 5.78 Å². The molecule has 0 saturated heterocycles. The van der Waals surface area contributed by atoms with Crippen LogP contribution in [0.25, 0.3) is 11.5 Å². The van der Waals surface area contributed by atoms with E-state index >= 15 is 0 Å². The van der Waals surface area contributed by atoms with E-state index < -0.39 is 0 Å². The summed E-state index contributed by atoms with van der Waals surface area (Å²) in [4.78, 5) is 12.5. The number of carbonyl (C=O) groups excluding carboxylic acids is 1. The van der Waals surface area contributed by atoms with E-state index in [1.165, 1.54) is 17.3 Å². The molecule has 0 amide bonds. The molecule has 128 valence electrons. The maximum atomic E-state index is 12.5. The van der Waals surface area contributed by atoms with Gasteiger partial charge in [0, 0.05) is 15.6 Å². The second-order valence-corrected chi connectivity index (χ2v) is 7.69. The normalized spacial score (nSPS) is 10.9. The summed E-state index contributed by atoms with van der Waals surface area (Å²) in [5.74, 6) is 0.782. The molecular weight excluding hydrogens is 400 g/mol. The number of halogens is 1. The van der Waals surface area contributed by atoms with E-state index in [9.17, 15) is 4.79 Å². The highest BCUT2D eigenvalue weighted by atomic mass is 79.9. The summed E-state index contributed by atoms with van der Waals surface area (Å²) in [5.41, 5.74) is 4.91. The molecule has 0 aliphatic rings. The maximum absolute atomic E-state index is 12.5. The number of ketones is 1. The van der Waals surface area contributed by atoms with Crippen molar-refractivity contribution in [2.24, 2.45) is 0 Å². The summed E-state index contributed by atoms with van der Waals surface area (Å²) in [6.45, 7) is 6.03. The number of thioether (sulfide) groups is 1. The Morgan fingerprint density at radius 1 is 1.04 bits per heavy atom. The zero-order chi connectivity index (χ0) is 18.0. The van der Waals surface area contributed by atoms with E-state index in [0.717, 1.165) is 26.7 Å². The molecule has 4 nitrogen and oxygen atoms in total. The number of rotatable bonds is 5. The molecule has 1 heterocycles. The van der Waals surface area contributed by atoms with Crippen LogP contribution < -0.4 is 0 Å². The smallest absolute Gasteiger partial charge is 0.277 e. The predicted molar refractivity (Wildman–Crippen MR) is 103 cm³/mol. The van der Waals surface area contributed by atoms with E-state index in [2.05, 4.69) is 26.1 Å². The fraction of sp³-hybridized carbons (Fsp3) is 0.211. The molecule has 0 bridgehead atoms. The lowest BCUT2D eigenvalue weighted by Gasteiger charge is -2.08. The van der Waals surface area contributed by atoms with Crippen molar-refractivity contribution in [3.8, 4) is 11.5 Å². The monoisotopic (exact) mass is 416 g/mol. The summed E-state index contributed by atoms with van der Waals surface area (Å²) in [6, 6.07) is 11.6. The SMILES string of the molecule is Cc1cc(C)c(C(=O)CSc2nnc(-c3ccc(Br)cc3)o2)cc1C. The van der Waals surface area contributed by atoms with Crippen LogP contribution in [0.5, 0.6) is 0 Å². The van der Waals surface area contributed by atoms with Crippen LogP contribution in [0.2, 0.25) is 0 Å². The summed E-state index contributed by atoms with van der Waals surface area (Å²) >= 11 is 4.65. The van der Waals surface area contributed by atoms with Crippen LogP contribution in [0, 0.1) is 20.8 Å².